The lowest BCUT2D eigenvalue weighted by molar-refractivity contribution is 0.205. The molecule has 15 heavy (non-hydrogen) atoms. The van der Waals surface area contributed by atoms with Crippen molar-refractivity contribution in [3.05, 3.63) is 23.2 Å². The van der Waals surface area contributed by atoms with E-state index in [1.54, 1.807) is 0 Å². The lowest BCUT2D eigenvalue weighted by atomic mass is 9.85. The minimum atomic E-state index is 0.286. The molecule has 0 heterocycles. The predicted octanol–water partition coefficient (Wildman–Crippen LogP) is 3.54. The molecule has 0 bridgehead atoms. The summed E-state index contributed by atoms with van der Waals surface area (Å²) in [6.45, 7) is 7.54. The second-order valence-electron chi connectivity index (χ2n) is 3.81. The van der Waals surface area contributed by atoms with Crippen LogP contribution >= 0.6 is 0 Å². The summed E-state index contributed by atoms with van der Waals surface area (Å²) in [4.78, 5) is 4.93. The highest BCUT2D eigenvalue weighted by molar-refractivity contribution is 5.29. The SMILES string of the molecule is C=NOC1=C(O)CC(CC)C(CCC)=C1. The fraction of sp³-hybridized carbons (Fsp3) is 0.583. The Labute approximate surface area is 91.1 Å². The lowest BCUT2D eigenvalue weighted by Crippen LogP contribution is -2.11. The molecule has 0 amide bonds. The van der Waals surface area contributed by atoms with Crippen molar-refractivity contribution in [3.8, 4) is 0 Å². The van der Waals surface area contributed by atoms with Gasteiger partial charge in [0.2, 0.25) is 0 Å². The van der Waals surface area contributed by atoms with E-state index in [0.29, 0.717) is 18.1 Å². The first-order valence-electron chi connectivity index (χ1n) is 5.48. The van der Waals surface area contributed by atoms with Crippen LogP contribution in [0.3, 0.4) is 0 Å². The maximum absolute atomic E-state index is 9.71. The van der Waals surface area contributed by atoms with Crippen LogP contribution in [0, 0.1) is 5.92 Å². The Morgan fingerprint density at radius 3 is 2.87 bits per heavy atom. The second kappa shape index (κ2) is 5.59. The van der Waals surface area contributed by atoms with E-state index >= 15 is 0 Å². The summed E-state index contributed by atoms with van der Waals surface area (Å²) in [5.41, 5.74) is 1.34. The molecule has 1 unspecified atom stereocenters. The van der Waals surface area contributed by atoms with E-state index in [4.69, 9.17) is 4.84 Å². The maximum atomic E-state index is 9.71. The highest BCUT2D eigenvalue weighted by Gasteiger charge is 2.22. The fourth-order valence-electron chi connectivity index (χ4n) is 1.95. The van der Waals surface area contributed by atoms with Crippen molar-refractivity contribution in [1.82, 2.24) is 0 Å². The highest BCUT2D eigenvalue weighted by Crippen LogP contribution is 2.33. The number of aliphatic hydroxyl groups is 1. The van der Waals surface area contributed by atoms with E-state index in [2.05, 4.69) is 25.7 Å². The molecule has 0 saturated heterocycles. The summed E-state index contributed by atoms with van der Waals surface area (Å²) >= 11 is 0. The van der Waals surface area contributed by atoms with Gasteiger partial charge in [0.25, 0.3) is 0 Å². The van der Waals surface area contributed by atoms with Crippen LogP contribution in [0.2, 0.25) is 0 Å². The van der Waals surface area contributed by atoms with E-state index in [0.717, 1.165) is 19.3 Å². The third kappa shape index (κ3) is 2.85. The van der Waals surface area contributed by atoms with Gasteiger partial charge in [-0.25, -0.2) is 0 Å². The van der Waals surface area contributed by atoms with Gasteiger partial charge in [-0.1, -0.05) is 31.0 Å². The largest absolute Gasteiger partial charge is 0.508 e. The summed E-state index contributed by atoms with van der Waals surface area (Å²) in [7, 11) is 0. The van der Waals surface area contributed by atoms with Gasteiger partial charge in [-0.2, -0.15) is 0 Å². The van der Waals surface area contributed by atoms with Crippen molar-refractivity contribution < 1.29 is 9.94 Å². The smallest absolute Gasteiger partial charge is 0.195 e. The molecule has 1 aliphatic rings. The predicted molar refractivity (Wildman–Crippen MR) is 61.7 cm³/mol. The van der Waals surface area contributed by atoms with Crippen LogP contribution in [0.5, 0.6) is 0 Å². The molecule has 0 aliphatic heterocycles. The van der Waals surface area contributed by atoms with E-state index in [-0.39, 0.29) is 5.76 Å². The Hall–Kier alpha value is -1.25. The zero-order valence-electron chi connectivity index (χ0n) is 9.49. The second-order valence-corrected chi connectivity index (χ2v) is 3.81. The van der Waals surface area contributed by atoms with Gasteiger partial charge < -0.3 is 9.94 Å². The first-order valence-corrected chi connectivity index (χ1v) is 5.48. The molecule has 0 spiro atoms. The van der Waals surface area contributed by atoms with Crippen molar-refractivity contribution in [2.45, 2.75) is 39.5 Å². The van der Waals surface area contributed by atoms with Gasteiger partial charge in [-0.3, -0.25) is 0 Å². The Kier molecular flexibility index (Phi) is 4.40. The van der Waals surface area contributed by atoms with Crippen LogP contribution in [0.1, 0.15) is 39.5 Å². The van der Waals surface area contributed by atoms with Crippen molar-refractivity contribution >= 4 is 6.72 Å². The summed E-state index contributed by atoms with van der Waals surface area (Å²) in [6.07, 6.45) is 5.77. The normalized spacial score (nSPS) is 21.2. The van der Waals surface area contributed by atoms with Crippen LogP contribution in [0.15, 0.2) is 28.3 Å². The van der Waals surface area contributed by atoms with Crippen molar-refractivity contribution in [3.63, 3.8) is 0 Å². The molecule has 1 aliphatic carbocycles. The van der Waals surface area contributed by atoms with E-state index < -0.39 is 0 Å². The first-order chi connectivity index (χ1) is 7.22. The van der Waals surface area contributed by atoms with Gasteiger partial charge in [0.05, 0.1) is 0 Å². The van der Waals surface area contributed by atoms with Crippen LogP contribution in [-0.4, -0.2) is 11.8 Å². The van der Waals surface area contributed by atoms with E-state index in [1.165, 1.54) is 5.57 Å². The van der Waals surface area contributed by atoms with Crippen LogP contribution in [0.25, 0.3) is 0 Å². The average molecular weight is 209 g/mol. The molecule has 0 saturated carbocycles. The summed E-state index contributed by atoms with van der Waals surface area (Å²) in [6, 6.07) is 0. The molecule has 0 fully saturated rings. The molecule has 1 atom stereocenters. The van der Waals surface area contributed by atoms with Crippen molar-refractivity contribution in [2.75, 3.05) is 0 Å². The Bertz CT molecular complexity index is 292. The van der Waals surface area contributed by atoms with E-state index in [1.807, 2.05) is 6.08 Å². The van der Waals surface area contributed by atoms with Crippen LogP contribution < -0.4 is 0 Å². The summed E-state index contributed by atoms with van der Waals surface area (Å²) < 4.78 is 0. The van der Waals surface area contributed by atoms with Crippen LogP contribution in [0.4, 0.5) is 0 Å². The third-order valence-electron chi connectivity index (χ3n) is 2.76. The van der Waals surface area contributed by atoms with Gasteiger partial charge in [-0.15, -0.1) is 0 Å². The number of hydrogen-bond donors (Lipinski definition) is 1. The van der Waals surface area contributed by atoms with Crippen LogP contribution in [-0.2, 0) is 4.84 Å². The zero-order chi connectivity index (χ0) is 11.3. The first kappa shape index (κ1) is 11.8. The van der Waals surface area contributed by atoms with Gasteiger partial charge in [0, 0.05) is 13.1 Å². The molecule has 0 aromatic carbocycles. The van der Waals surface area contributed by atoms with Gasteiger partial charge in [0.15, 0.2) is 5.76 Å². The number of oxime groups is 1. The standard InChI is InChI=1S/C12H19NO2/c1-4-6-10-8-12(15-13-3)11(14)7-9(10)5-2/h8-9,14H,3-7H2,1-2H3. The monoisotopic (exact) mass is 209 g/mol. The van der Waals surface area contributed by atoms with Gasteiger partial charge in [0.1, 0.15) is 5.76 Å². The molecular weight excluding hydrogens is 190 g/mol. The molecule has 3 nitrogen and oxygen atoms in total. The molecule has 0 aromatic heterocycles. The number of nitrogens with zero attached hydrogens (tertiary/aromatic N) is 1. The Morgan fingerprint density at radius 2 is 2.33 bits per heavy atom. The average Bonchev–Trinajstić information content (AvgIpc) is 2.23. The number of rotatable bonds is 5. The van der Waals surface area contributed by atoms with E-state index in [9.17, 15) is 5.11 Å². The maximum Gasteiger partial charge on any atom is 0.195 e. The molecule has 0 radical (unpaired) electrons. The molecule has 1 rings (SSSR count). The molecule has 84 valence electrons. The minimum absolute atomic E-state index is 0.286. The van der Waals surface area contributed by atoms with Crippen molar-refractivity contribution in [1.29, 1.82) is 0 Å². The van der Waals surface area contributed by atoms with Gasteiger partial charge in [-0.05, 0) is 24.8 Å². The van der Waals surface area contributed by atoms with Crippen molar-refractivity contribution in [2.24, 2.45) is 11.1 Å². The summed E-state index contributed by atoms with van der Waals surface area (Å²) in [5, 5.41) is 13.1. The zero-order valence-corrected chi connectivity index (χ0v) is 9.49. The molecule has 0 aromatic rings. The topological polar surface area (TPSA) is 41.8 Å². The highest BCUT2D eigenvalue weighted by atomic mass is 16.6. The summed E-state index contributed by atoms with van der Waals surface area (Å²) in [5.74, 6) is 1.19. The Morgan fingerprint density at radius 1 is 1.60 bits per heavy atom. The molecular formula is C12H19NO2. The quantitative estimate of drug-likeness (QED) is 0.555. The Balaban J connectivity index is 2.86. The third-order valence-corrected chi connectivity index (χ3v) is 2.76. The number of hydrogen-bond acceptors (Lipinski definition) is 3. The number of allylic oxidation sites excluding steroid dienone is 3. The fourth-order valence-corrected chi connectivity index (χ4v) is 1.95. The molecule has 3 heteroatoms. The van der Waals surface area contributed by atoms with Gasteiger partial charge >= 0.3 is 0 Å². The molecule has 1 N–H and O–H groups in total. The number of aliphatic hydroxyl groups excluding tert-OH is 1. The minimum Gasteiger partial charge on any atom is -0.508 e. The lowest BCUT2D eigenvalue weighted by Gasteiger charge is -2.23.